The van der Waals surface area contributed by atoms with E-state index in [2.05, 4.69) is 53.7 Å². The van der Waals surface area contributed by atoms with Crippen LogP contribution < -0.4 is 4.74 Å². The Labute approximate surface area is 156 Å². The van der Waals surface area contributed by atoms with Crippen LogP contribution in [-0.4, -0.2) is 17.2 Å². The van der Waals surface area contributed by atoms with Crippen LogP contribution in [-0.2, 0) is 15.6 Å². The second-order valence-electron chi connectivity index (χ2n) is 7.64. The molecule has 0 amide bonds. The first-order valence-corrected chi connectivity index (χ1v) is 9.54. The number of rotatable bonds is 9. The molecule has 0 aliphatic carbocycles. The van der Waals surface area contributed by atoms with Crippen molar-refractivity contribution in [1.82, 2.24) is 0 Å². The molecule has 1 unspecified atom stereocenters. The number of alkyl halides is 1. The molecule has 0 spiro atoms. The minimum absolute atomic E-state index is 0.0308. The van der Waals surface area contributed by atoms with Gasteiger partial charge in [-0.15, -0.1) is 11.6 Å². The van der Waals surface area contributed by atoms with Gasteiger partial charge in [-0.1, -0.05) is 53.7 Å². The molecule has 24 heavy (non-hydrogen) atoms. The predicted molar refractivity (Wildman–Crippen MR) is 104 cm³/mol. The van der Waals surface area contributed by atoms with Crippen LogP contribution in [0.3, 0.4) is 0 Å². The van der Waals surface area contributed by atoms with Crippen molar-refractivity contribution in [3.8, 4) is 5.75 Å². The molecule has 0 fully saturated rings. The van der Waals surface area contributed by atoms with Crippen LogP contribution in [0.15, 0.2) is 18.2 Å². The van der Waals surface area contributed by atoms with E-state index >= 15 is 0 Å². The van der Waals surface area contributed by atoms with Crippen molar-refractivity contribution >= 4 is 28.4 Å². The Bertz CT molecular complexity index is 565. The minimum atomic E-state index is -0.430. The molecule has 0 saturated carbocycles. The zero-order valence-electron chi connectivity index (χ0n) is 15.7. The maximum Gasteiger partial charge on any atom is 0.225 e. The van der Waals surface area contributed by atoms with Gasteiger partial charge in [-0.05, 0) is 46.9 Å². The molecule has 0 aromatic heterocycles. The summed E-state index contributed by atoms with van der Waals surface area (Å²) < 4.78 is 6.06. The predicted octanol–water partition coefficient (Wildman–Crippen LogP) is 6.20. The standard InChI is InChI=1S/C20H30Cl2O2/c1-7-19(3,4)14-9-10-17(16(11-14)20(5,6)8-2)24-15(13-21)12-18(22)23/h9-11,15H,7-8,12-13H2,1-6H3. The molecule has 0 saturated heterocycles. The zero-order chi connectivity index (χ0) is 18.5. The molecule has 1 aromatic rings. The summed E-state index contributed by atoms with van der Waals surface area (Å²) in [6, 6.07) is 6.37. The van der Waals surface area contributed by atoms with Crippen LogP contribution in [0.1, 0.15) is 71.9 Å². The summed E-state index contributed by atoms with van der Waals surface area (Å²) in [4.78, 5) is 11.2. The summed E-state index contributed by atoms with van der Waals surface area (Å²) in [5.74, 6) is 1.02. The number of hydrogen-bond donors (Lipinski definition) is 0. The molecular formula is C20H30Cl2O2. The highest BCUT2D eigenvalue weighted by Crippen LogP contribution is 2.39. The number of hydrogen-bond acceptors (Lipinski definition) is 2. The van der Waals surface area contributed by atoms with E-state index in [4.69, 9.17) is 27.9 Å². The largest absolute Gasteiger partial charge is 0.488 e. The molecule has 4 heteroatoms. The average Bonchev–Trinajstić information content (AvgIpc) is 2.53. The van der Waals surface area contributed by atoms with Crippen molar-refractivity contribution in [3.63, 3.8) is 0 Å². The van der Waals surface area contributed by atoms with Crippen LogP contribution in [0.5, 0.6) is 5.75 Å². The Morgan fingerprint density at radius 1 is 1.12 bits per heavy atom. The van der Waals surface area contributed by atoms with Crippen LogP contribution in [0, 0.1) is 0 Å². The molecule has 0 radical (unpaired) electrons. The first-order valence-electron chi connectivity index (χ1n) is 8.63. The van der Waals surface area contributed by atoms with Crippen molar-refractivity contribution < 1.29 is 9.53 Å². The summed E-state index contributed by atoms with van der Waals surface area (Å²) in [7, 11) is 0. The van der Waals surface area contributed by atoms with Gasteiger partial charge in [-0.2, -0.15) is 0 Å². The van der Waals surface area contributed by atoms with Crippen LogP contribution in [0.4, 0.5) is 0 Å². The second kappa shape index (κ2) is 8.58. The van der Waals surface area contributed by atoms with E-state index in [1.807, 2.05) is 6.07 Å². The smallest absolute Gasteiger partial charge is 0.225 e. The van der Waals surface area contributed by atoms with Crippen molar-refractivity contribution in [1.29, 1.82) is 0 Å². The lowest BCUT2D eigenvalue weighted by atomic mass is 9.76. The van der Waals surface area contributed by atoms with Crippen molar-refractivity contribution in [2.24, 2.45) is 0 Å². The van der Waals surface area contributed by atoms with Crippen molar-refractivity contribution in [2.45, 2.75) is 77.7 Å². The fraction of sp³-hybridized carbons (Fsp3) is 0.650. The highest BCUT2D eigenvalue weighted by Gasteiger charge is 2.27. The highest BCUT2D eigenvalue weighted by molar-refractivity contribution is 6.63. The van der Waals surface area contributed by atoms with E-state index in [9.17, 15) is 4.79 Å². The van der Waals surface area contributed by atoms with E-state index in [0.29, 0.717) is 0 Å². The maximum atomic E-state index is 11.2. The van der Waals surface area contributed by atoms with Gasteiger partial charge in [0, 0.05) is 5.56 Å². The topological polar surface area (TPSA) is 26.3 Å². The SMILES string of the molecule is CCC(C)(C)c1ccc(OC(CCl)CC(=O)Cl)c(C(C)(C)CC)c1. The Morgan fingerprint density at radius 2 is 1.71 bits per heavy atom. The molecule has 0 aliphatic heterocycles. The monoisotopic (exact) mass is 372 g/mol. The number of benzene rings is 1. The van der Waals surface area contributed by atoms with E-state index in [1.54, 1.807) is 0 Å². The molecule has 2 nitrogen and oxygen atoms in total. The molecule has 0 heterocycles. The van der Waals surface area contributed by atoms with Crippen molar-refractivity contribution in [3.05, 3.63) is 29.3 Å². The Hall–Kier alpha value is -0.730. The molecule has 136 valence electrons. The first-order chi connectivity index (χ1) is 11.1. The summed E-state index contributed by atoms with van der Waals surface area (Å²) in [5, 5.41) is -0.430. The lowest BCUT2D eigenvalue weighted by molar-refractivity contribution is -0.112. The zero-order valence-corrected chi connectivity index (χ0v) is 17.2. The summed E-state index contributed by atoms with van der Waals surface area (Å²) >= 11 is 11.5. The normalized spacial score (nSPS) is 13.7. The Kier molecular flexibility index (Phi) is 7.62. The van der Waals surface area contributed by atoms with E-state index in [0.717, 1.165) is 24.2 Å². The summed E-state index contributed by atoms with van der Waals surface area (Å²) in [5.41, 5.74) is 2.53. The second-order valence-corrected chi connectivity index (χ2v) is 8.37. The number of ether oxygens (including phenoxy) is 1. The van der Waals surface area contributed by atoms with Gasteiger partial charge in [0.2, 0.25) is 5.24 Å². The number of halogens is 2. The lowest BCUT2D eigenvalue weighted by Gasteiger charge is -2.31. The third kappa shape index (κ3) is 5.39. The Morgan fingerprint density at radius 3 is 2.17 bits per heavy atom. The van der Waals surface area contributed by atoms with Gasteiger partial charge in [0.05, 0.1) is 12.3 Å². The molecule has 1 rings (SSSR count). The molecule has 1 atom stereocenters. The van der Waals surface area contributed by atoms with Crippen LogP contribution >= 0.6 is 23.2 Å². The fourth-order valence-corrected chi connectivity index (χ4v) is 2.81. The first kappa shape index (κ1) is 21.3. The van der Waals surface area contributed by atoms with Gasteiger partial charge in [0.25, 0.3) is 0 Å². The number of carbonyl (C=O) groups excluding carboxylic acids is 1. The Balaban J connectivity index is 3.31. The quantitative estimate of drug-likeness (QED) is 0.380. The maximum absolute atomic E-state index is 11.2. The van der Waals surface area contributed by atoms with Gasteiger partial charge in [0.1, 0.15) is 11.9 Å². The molecule has 1 aromatic carbocycles. The van der Waals surface area contributed by atoms with Crippen LogP contribution in [0.2, 0.25) is 0 Å². The minimum Gasteiger partial charge on any atom is -0.488 e. The van der Waals surface area contributed by atoms with E-state index < -0.39 is 11.3 Å². The van der Waals surface area contributed by atoms with Crippen LogP contribution in [0.25, 0.3) is 0 Å². The highest BCUT2D eigenvalue weighted by atomic mass is 35.5. The summed E-state index contributed by atoms with van der Waals surface area (Å²) in [6.45, 7) is 13.3. The van der Waals surface area contributed by atoms with E-state index in [1.165, 1.54) is 5.56 Å². The molecule has 0 bridgehead atoms. The number of carbonyl (C=O) groups is 1. The third-order valence-corrected chi connectivity index (χ3v) is 5.61. The fourth-order valence-electron chi connectivity index (χ4n) is 2.46. The van der Waals surface area contributed by atoms with Gasteiger partial charge in [0.15, 0.2) is 0 Å². The molecule has 0 aliphatic rings. The molecular weight excluding hydrogens is 343 g/mol. The van der Waals surface area contributed by atoms with Gasteiger partial charge in [-0.3, -0.25) is 4.79 Å². The van der Waals surface area contributed by atoms with Gasteiger partial charge < -0.3 is 4.74 Å². The van der Waals surface area contributed by atoms with Gasteiger partial charge in [-0.25, -0.2) is 0 Å². The molecule has 0 N–H and O–H groups in total. The van der Waals surface area contributed by atoms with Gasteiger partial charge >= 0.3 is 0 Å². The lowest BCUT2D eigenvalue weighted by Crippen LogP contribution is -2.25. The van der Waals surface area contributed by atoms with E-state index in [-0.39, 0.29) is 23.1 Å². The summed E-state index contributed by atoms with van der Waals surface area (Å²) in [6.07, 6.45) is 1.75. The average molecular weight is 373 g/mol. The third-order valence-electron chi connectivity index (χ3n) is 5.11. The van der Waals surface area contributed by atoms with Crippen molar-refractivity contribution in [2.75, 3.05) is 5.88 Å².